The number of hydrogen-bond donors (Lipinski definition) is 0. The second-order valence-electron chi connectivity index (χ2n) is 12.5. The first-order chi connectivity index (χ1) is 22.3. The molecule has 7 aromatic carbocycles. The van der Waals surface area contributed by atoms with Gasteiger partial charge in [-0.25, -0.2) is 0 Å². The molecule has 0 radical (unpaired) electrons. The largest absolute Gasteiger partial charge is 0.308 e. The van der Waals surface area contributed by atoms with Gasteiger partial charge in [-0.05, 0) is 80.6 Å². The first-order valence-electron chi connectivity index (χ1n) is 15.6. The molecule has 208 valence electrons. The molecule has 0 saturated heterocycles. The molecule has 0 atom stereocenters. The Morgan fingerprint density at radius 3 is 1.82 bits per heavy atom. The molecule has 0 spiro atoms. The number of thiophene rings is 1. The first-order valence-corrected chi connectivity index (χ1v) is 16.5. The van der Waals surface area contributed by atoms with Crippen LogP contribution in [0.15, 0.2) is 140 Å². The molecule has 0 unspecified atom stereocenters. The average Bonchev–Trinajstić information content (AvgIpc) is 3.77. The van der Waals surface area contributed by atoms with Crippen molar-refractivity contribution >= 4 is 91.1 Å². The molecular weight excluding hydrogens is 563 g/mol. The molecule has 1 nitrogen and oxygen atoms in total. The topological polar surface area (TPSA) is 4.41 Å². The molecule has 3 aromatic heterocycles. The van der Waals surface area contributed by atoms with E-state index in [0.717, 1.165) is 6.42 Å². The molecule has 0 aliphatic heterocycles. The molecule has 0 saturated carbocycles. The summed E-state index contributed by atoms with van der Waals surface area (Å²) in [5, 5.41) is 13.3. The number of hydrogen-bond acceptors (Lipinski definition) is 1. The maximum absolute atomic E-state index is 2.54. The van der Waals surface area contributed by atoms with Crippen LogP contribution in [0.25, 0.3) is 90.9 Å². The standard InChI is InChI=1S/C43H25NS/c1-3-16-37-29(10-1)32-12-5-8-27-22-28-9-6-13-33(42(28)41(27)32)34-14-7-15-35-36-23-25(19-21-38(36)44(37)43(34)35)26-18-20-31-30-11-2-4-17-39(30)45-40(31)24-26/h1-21,23-24H,22H2. The monoisotopic (exact) mass is 587 g/mol. The number of nitrogens with zero attached hydrogens (tertiary/aromatic N) is 1. The lowest BCUT2D eigenvalue weighted by atomic mass is 9.99. The Kier molecular flexibility index (Phi) is 4.57. The Hall–Kier alpha value is -5.44. The van der Waals surface area contributed by atoms with E-state index < -0.39 is 0 Å². The predicted molar refractivity (Wildman–Crippen MR) is 195 cm³/mol. The van der Waals surface area contributed by atoms with Crippen LogP contribution in [0.1, 0.15) is 11.1 Å². The molecule has 1 aliphatic rings. The minimum Gasteiger partial charge on any atom is -0.308 e. The van der Waals surface area contributed by atoms with Crippen molar-refractivity contribution in [3.63, 3.8) is 0 Å². The van der Waals surface area contributed by atoms with Crippen molar-refractivity contribution in [2.45, 2.75) is 6.42 Å². The molecular formula is C43H25NS. The van der Waals surface area contributed by atoms with Gasteiger partial charge in [0.1, 0.15) is 0 Å². The van der Waals surface area contributed by atoms with E-state index in [1.165, 1.54) is 102 Å². The van der Waals surface area contributed by atoms with Crippen LogP contribution in [0.4, 0.5) is 0 Å². The van der Waals surface area contributed by atoms with E-state index in [2.05, 4.69) is 144 Å². The molecule has 10 aromatic rings. The van der Waals surface area contributed by atoms with Crippen LogP contribution >= 0.6 is 11.3 Å². The zero-order chi connectivity index (χ0) is 29.2. The van der Waals surface area contributed by atoms with E-state index in [-0.39, 0.29) is 0 Å². The maximum Gasteiger partial charge on any atom is 0.0619 e. The van der Waals surface area contributed by atoms with Crippen molar-refractivity contribution in [1.29, 1.82) is 0 Å². The van der Waals surface area contributed by atoms with Crippen LogP contribution < -0.4 is 0 Å². The smallest absolute Gasteiger partial charge is 0.0619 e. The lowest BCUT2D eigenvalue weighted by molar-refractivity contribution is 1.27. The van der Waals surface area contributed by atoms with Crippen molar-refractivity contribution < 1.29 is 0 Å². The van der Waals surface area contributed by atoms with Gasteiger partial charge >= 0.3 is 0 Å². The molecule has 0 bridgehead atoms. The third-order valence-electron chi connectivity index (χ3n) is 10.2. The van der Waals surface area contributed by atoms with Crippen LogP contribution in [0.3, 0.4) is 0 Å². The summed E-state index contributed by atoms with van der Waals surface area (Å²) >= 11 is 1.88. The highest BCUT2D eigenvalue weighted by atomic mass is 32.1. The van der Waals surface area contributed by atoms with Crippen LogP contribution in [0.2, 0.25) is 0 Å². The van der Waals surface area contributed by atoms with Gasteiger partial charge in [0.05, 0.1) is 16.6 Å². The summed E-state index contributed by atoms with van der Waals surface area (Å²) in [6.07, 6.45) is 0.987. The van der Waals surface area contributed by atoms with E-state index in [4.69, 9.17) is 0 Å². The van der Waals surface area contributed by atoms with E-state index in [9.17, 15) is 0 Å². The first kappa shape index (κ1) is 23.9. The summed E-state index contributed by atoms with van der Waals surface area (Å²) in [5.41, 5.74) is 9.12. The summed E-state index contributed by atoms with van der Waals surface area (Å²) in [7, 11) is 0. The third-order valence-corrected chi connectivity index (χ3v) is 11.3. The Morgan fingerprint density at radius 1 is 0.400 bits per heavy atom. The van der Waals surface area contributed by atoms with E-state index in [1.54, 1.807) is 0 Å². The summed E-state index contributed by atoms with van der Waals surface area (Å²) < 4.78 is 5.22. The molecule has 0 fully saturated rings. The Morgan fingerprint density at radius 2 is 0.978 bits per heavy atom. The third kappa shape index (κ3) is 3.12. The fraction of sp³-hybridized carbons (Fsp3) is 0.0233. The van der Waals surface area contributed by atoms with Crippen molar-refractivity contribution in [3.05, 3.63) is 151 Å². The van der Waals surface area contributed by atoms with Gasteiger partial charge < -0.3 is 4.40 Å². The number of fused-ring (bicyclic) bond motifs is 10. The maximum atomic E-state index is 2.54. The highest BCUT2D eigenvalue weighted by Gasteiger charge is 2.20. The van der Waals surface area contributed by atoms with Crippen LogP contribution in [-0.2, 0) is 6.42 Å². The Bertz CT molecular complexity index is 2960. The fourth-order valence-corrected chi connectivity index (χ4v) is 9.40. The van der Waals surface area contributed by atoms with Crippen molar-refractivity contribution in [3.8, 4) is 11.1 Å². The molecule has 0 N–H and O–H groups in total. The SMILES string of the molecule is c1ccc2c(c1)sc1cc(-c3ccc4c(c3)c3cccc5c6cccc7c6c6c(cccc6c6ccccc6n4c53)C7)ccc12. The Labute approximate surface area is 262 Å². The van der Waals surface area contributed by atoms with E-state index in [1.807, 2.05) is 11.3 Å². The van der Waals surface area contributed by atoms with Crippen molar-refractivity contribution in [2.24, 2.45) is 0 Å². The molecule has 45 heavy (non-hydrogen) atoms. The zero-order valence-electron chi connectivity index (χ0n) is 24.3. The van der Waals surface area contributed by atoms with Crippen LogP contribution in [0.5, 0.6) is 0 Å². The van der Waals surface area contributed by atoms with E-state index in [0.29, 0.717) is 0 Å². The zero-order valence-corrected chi connectivity index (χ0v) is 25.2. The fourth-order valence-electron chi connectivity index (χ4n) is 8.26. The Balaban J connectivity index is 1.32. The normalized spacial score (nSPS) is 12.8. The molecule has 0 amide bonds. The van der Waals surface area contributed by atoms with E-state index >= 15 is 0 Å². The van der Waals surface area contributed by atoms with Crippen LogP contribution in [-0.4, -0.2) is 4.40 Å². The summed E-state index contributed by atoms with van der Waals surface area (Å²) in [5.74, 6) is 0. The molecule has 3 heterocycles. The number of para-hydroxylation sites is 2. The van der Waals surface area contributed by atoms with Gasteiger partial charge in [-0.3, -0.25) is 0 Å². The summed E-state index contributed by atoms with van der Waals surface area (Å²) in [4.78, 5) is 0. The molecule has 1 aliphatic carbocycles. The van der Waals surface area contributed by atoms with Gasteiger partial charge in [0.25, 0.3) is 0 Å². The van der Waals surface area contributed by atoms with Crippen molar-refractivity contribution in [2.75, 3.05) is 0 Å². The second kappa shape index (κ2) is 8.59. The van der Waals surface area contributed by atoms with Gasteiger partial charge in [0, 0.05) is 41.7 Å². The number of benzene rings is 7. The lowest BCUT2D eigenvalue weighted by Gasteiger charge is -2.06. The number of rotatable bonds is 1. The highest BCUT2D eigenvalue weighted by Crippen LogP contribution is 2.44. The molecule has 2 heteroatoms. The summed E-state index contributed by atoms with van der Waals surface area (Å²) in [6, 6.07) is 52.5. The second-order valence-corrected chi connectivity index (χ2v) is 13.5. The predicted octanol–water partition coefficient (Wildman–Crippen LogP) is 12.2. The highest BCUT2D eigenvalue weighted by molar-refractivity contribution is 7.25. The van der Waals surface area contributed by atoms with Crippen molar-refractivity contribution in [1.82, 2.24) is 4.40 Å². The van der Waals surface area contributed by atoms with Gasteiger partial charge in [0.15, 0.2) is 0 Å². The van der Waals surface area contributed by atoms with Gasteiger partial charge in [-0.1, -0.05) is 109 Å². The van der Waals surface area contributed by atoms with Crippen LogP contribution in [0, 0.1) is 0 Å². The van der Waals surface area contributed by atoms with Gasteiger partial charge in [0.2, 0.25) is 0 Å². The van der Waals surface area contributed by atoms with Gasteiger partial charge in [-0.15, -0.1) is 11.3 Å². The summed E-state index contributed by atoms with van der Waals surface area (Å²) in [6.45, 7) is 0. The minimum absolute atomic E-state index is 0.987. The lowest BCUT2D eigenvalue weighted by Crippen LogP contribution is -1.87. The number of aromatic nitrogens is 1. The quantitative estimate of drug-likeness (QED) is 0.180. The molecule has 11 rings (SSSR count). The minimum atomic E-state index is 0.987. The van der Waals surface area contributed by atoms with Gasteiger partial charge in [-0.2, -0.15) is 0 Å². The average molecular weight is 588 g/mol.